The number of aliphatic hydroxyl groups excluding tert-OH is 1. The summed E-state index contributed by atoms with van der Waals surface area (Å²) in [7, 11) is 0. The standard InChI is InChI=1S/C36H45NO5/c1-2-3-4-5-6-7-8-12-23-34(38)33(26-41-35(39)24-27-17-10-9-11-18-27)37-36(40)42-25-32-30-21-15-13-19-28(30)29-20-14-16-22-31(29)32/h9-11,13-22,32-34,38H,2-8,12,23-26H2,1H3,(H,37,40)/t33-,34-/m1/s1. The van der Waals surface area contributed by atoms with E-state index in [1.54, 1.807) is 0 Å². The highest BCUT2D eigenvalue weighted by atomic mass is 16.6. The average Bonchev–Trinajstić information content (AvgIpc) is 3.33. The van der Waals surface area contributed by atoms with Crippen LogP contribution < -0.4 is 5.32 Å². The van der Waals surface area contributed by atoms with Crippen molar-refractivity contribution in [1.29, 1.82) is 0 Å². The van der Waals surface area contributed by atoms with Crippen LogP contribution in [0.5, 0.6) is 0 Å². The highest BCUT2D eigenvalue weighted by molar-refractivity contribution is 5.79. The van der Waals surface area contributed by atoms with E-state index in [-0.39, 0.29) is 25.6 Å². The molecule has 6 nitrogen and oxygen atoms in total. The summed E-state index contributed by atoms with van der Waals surface area (Å²) < 4.78 is 11.2. The number of hydrogen-bond acceptors (Lipinski definition) is 5. The first-order valence-electron chi connectivity index (χ1n) is 15.6. The Hall–Kier alpha value is -3.64. The van der Waals surface area contributed by atoms with Gasteiger partial charge in [-0.25, -0.2) is 4.79 Å². The summed E-state index contributed by atoms with van der Waals surface area (Å²) in [5.74, 6) is -0.465. The second kappa shape index (κ2) is 16.7. The smallest absolute Gasteiger partial charge is 0.407 e. The van der Waals surface area contributed by atoms with Crippen LogP contribution >= 0.6 is 0 Å². The summed E-state index contributed by atoms with van der Waals surface area (Å²) in [5.41, 5.74) is 5.43. The van der Waals surface area contributed by atoms with Crippen LogP contribution in [0.3, 0.4) is 0 Å². The minimum Gasteiger partial charge on any atom is -0.463 e. The summed E-state index contributed by atoms with van der Waals surface area (Å²) in [6.07, 6.45) is 8.41. The van der Waals surface area contributed by atoms with Gasteiger partial charge in [0.05, 0.1) is 18.6 Å². The molecule has 42 heavy (non-hydrogen) atoms. The lowest BCUT2D eigenvalue weighted by Gasteiger charge is -2.24. The molecule has 0 spiro atoms. The molecule has 0 heterocycles. The van der Waals surface area contributed by atoms with Crippen molar-refractivity contribution < 1.29 is 24.2 Å². The van der Waals surface area contributed by atoms with Crippen molar-refractivity contribution in [2.75, 3.05) is 13.2 Å². The number of unbranched alkanes of at least 4 members (excludes halogenated alkanes) is 7. The van der Waals surface area contributed by atoms with Crippen LogP contribution in [0.4, 0.5) is 4.79 Å². The molecule has 0 saturated heterocycles. The van der Waals surface area contributed by atoms with Crippen LogP contribution in [0.15, 0.2) is 78.9 Å². The van der Waals surface area contributed by atoms with E-state index in [0.29, 0.717) is 6.42 Å². The molecule has 0 aromatic heterocycles. The van der Waals surface area contributed by atoms with Gasteiger partial charge < -0.3 is 19.9 Å². The Morgan fingerprint density at radius 2 is 1.33 bits per heavy atom. The first kappa shape index (κ1) is 31.3. The quantitative estimate of drug-likeness (QED) is 0.129. The molecular weight excluding hydrogens is 526 g/mol. The molecule has 1 aliphatic rings. The number of benzene rings is 3. The Bertz CT molecular complexity index is 1210. The van der Waals surface area contributed by atoms with Crippen LogP contribution in [0.25, 0.3) is 11.1 Å². The summed E-state index contributed by atoms with van der Waals surface area (Å²) in [6.45, 7) is 2.27. The Kier molecular flexibility index (Phi) is 12.5. The van der Waals surface area contributed by atoms with Gasteiger partial charge in [-0.2, -0.15) is 0 Å². The number of alkyl carbamates (subject to hydrolysis) is 1. The van der Waals surface area contributed by atoms with Gasteiger partial charge in [0.1, 0.15) is 13.2 Å². The SMILES string of the molecule is CCCCCCCCCC[C@@H](O)[C@@H](COC(=O)Cc1ccccc1)NC(=O)OCC1c2ccccc2-c2ccccc21. The van der Waals surface area contributed by atoms with Crippen LogP contribution in [0, 0.1) is 0 Å². The summed E-state index contributed by atoms with van der Waals surface area (Å²) in [5, 5.41) is 13.8. The molecule has 1 amide bonds. The maximum absolute atomic E-state index is 13.0. The van der Waals surface area contributed by atoms with Gasteiger partial charge in [0.25, 0.3) is 0 Å². The third-order valence-corrected chi connectivity index (χ3v) is 8.08. The second-order valence-electron chi connectivity index (χ2n) is 11.3. The number of carbonyl (C=O) groups is 2. The molecule has 3 aromatic rings. The molecule has 0 saturated carbocycles. The number of ether oxygens (including phenoxy) is 2. The number of rotatable bonds is 17. The minimum absolute atomic E-state index is 0.0625. The van der Waals surface area contributed by atoms with E-state index >= 15 is 0 Å². The fourth-order valence-corrected chi connectivity index (χ4v) is 5.73. The number of esters is 1. The van der Waals surface area contributed by atoms with Gasteiger partial charge >= 0.3 is 12.1 Å². The van der Waals surface area contributed by atoms with Gasteiger partial charge in [-0.15, -0.1) is 0 Å². The molecule has 2 N–H and O–H groups in total. The summed E-state index contributed by atoms with van der Waals surface area (Å²) >= 11 is 0. The van der Waals surface area contributed by atoms with Gasteiger partial charge in [-0.1, -0.05) is 137 Å². The molecule has 1 aliphatic carbocycles. The van der Waals surface area contributed by atoms with Crippen molar-refractivity contribution >= 4 is 12.1 Å². The highest BCUT2D eigenvalue weighted by Crippen LogP contribution is 2.44. The largest absolute Gasteiger partial charge is 0.463 e. The Labute approximate surface area is 250 Å². The summed E-state index contributed by atoms with van der Waals surface area (Å²) in [6, 6.07) is 25.0. The van der Waals surface area contributed by atoms with Gasteiger partial charge in [-0.3, -0.25) is 4.79 Å². The molecule has 224 valence electrons. The molecule has 0 unspecified atom stereocenters. The molecular formula is C36H45NO5. The molecule has 3 aromatic carbocycles. The van der Waals surface area contributed by atoms with E-state index in [2.05, 4.69) is 36.5 Å². The number of aliphatic hydroxyl groups is 1. The van der Waals surface area contributed by atoms with Gasteiger partial charge in [0.2, 0.25) is 0 Å². The lowest BCUT2D eigenvalue weighted by atomic mass is 9.98. The van der Waals surface area contributed by atoms with Gasteiger partial charge in [0.15, 0.2) is 0 Å². The van der Waals surface area contributed by atoms with Gasteiger partial charge in [0, 0.05) is 5.92 Å². The van der Waals surface area contributed by atoms with E-state index in [1.807, 2.05) is 54.6 Å². The molecule has 6 heteroatoms. The molecule has 0 bridgehead atoms. The molecule has 0 radical (unpaired) electrons. The van der Waals surface area contributed by atoms with Crippen molar-refractivity contribution in [3.05, 3.63) is 95.6 Å². The lowest BCUT2D eigenvalue weighted by molar-refractivity contribution is -0.144. The van der Waals surface area contributed by atoms with E-state index in [4.69, 9.17) is 9.47 Å². The third kappa shape index (κ3) is 9.18. The number of fused-ring (bicyclic) bond motifs is 3. The van der Waals surface area contributed by atoms with Crippen molar-refractivity contribution in [2.24, 2.45) is 0 Å². The summed E-state index contributed by atoms with van der Waals surface area (Å²) in [4.78, 5) is 25.5. The van der Waals surface area contributed by atoms with Crippen molar-refractivity contribution in [3.63, 3.8) is 0 Å². The predicted octanol–water partition coefficient (Wildman–Crippen LogP) is 7.57. The van der Waals surface area contributed by atoms with Crippen LogP contribution in [0.1, 0.15) is 87.3 Å². The zero-order valence-corrected chi connectivity index (χ0v) is 24.8. The molecule has 2 atom stereocenters. The number of nitrogens with one attached hydrogen (secondary N) is 1. The fraction of sp³-hybridized carbons (Fsp3) is 0.444. The molecule has 0 aliphatic heterocycles. The third-order valence-electron chi connectivity index (χ3n) is 8.08. The Morgan fingerprint density at radius 3 is 1.98 bits per heavy atom. The zero-order chi connectivity index (χ0) is 29.6. The number of amides is 1. The van der Waals surface area contributed by atoms with Crippen LogP contribution in [-0.2, 0) is 20.7 Å². The second-order valence-corrected chi connectivity index (χ2v) is 11.3. The fourth-order valence-electron chi connectivity index (χ4n) is 5.73. The van der Waals surface area contributed by atoms with Crippen molar-refractivity contribution in [3.8, 4) is 11.1 Å². The van der Waals surface area contributed by atoms with Crippen molar-refractivity contribution in [1.82, 2.24) is 5.32 Å². The first-order chi connectivity index (χ1) is 20.6. The average molecular weight is 572 g/mol. The molecule has 4 rings (SSSR count). The maximum atomic E-state index is 13.0. The van der Waals surface area contributed by atoms with Crippen LogP contribution in [-0.4, -0.2) is 42.5 Å². The van der Waals surface area contributed by atoms with E-state index in [0.717, 1.165) is 47.1 Å². The molecule has 0 fully saturated rings. The maximum Gasteiger partial charge on any atom is 0.407 e. The topological polar surface area (TPSA) is 84.9 Å². The Balaban J connectivity index is 1.31. The monoisotopic (exact) mass is 571 g/mol. The first-order valence-corrected chi connectivity index (χ1v) is 15.6. The predicted molar refractivity (Wildman–Crippen MR) is 166 cm³/mol. The zero-order valence-electron chi connectivity index (χ0n) is 24.8. The van der Waals surface area contributed by atoms with Crippen molar-refractivity contribution in [2.45, 2.75) is 89.2 Å². The lowest BCUT2D eigenvalue weighted by Crippen LogP contribution is -2.47. The highest BCUT2D eigenvalue weighted by Gasteiger charge is 2.30. The van der Waals surface area contributed by atoms with E-state index in [9.17, 15) is 14.7 Å². The van der Waals surface area contributed by atoms with E-state index < -0.39 is 24.2 Å². The van der Waals surface area contributed by atoms with E-state index in [1.165, 1.54) is 32.1 Å². The Morgan fingerprint density at radius 1 is 0.762 bits per heavy atom. The van der Waals surface area contributed by atoms with Gasteiger partial charge in [-0.05, 0) is 34.2 Å². The minimum atomic E-state index is -0.852. The van der Waals surface area contributed by atoms with Crippen LogP contribution in [0.2, 0.25) is 0 Å². The number of carbonyl (C=O) groups excluding carboxylic acids is 2. The normalized spacial score (nSPS) is 13.6. The number of hydrogen-bond donors (Lipinski definition) is 2.